The number of aryl methyl sites for hydroxylation is 1. The van der Waals surface area contributed by atoms with Crippen LogP contribution in [0.15, 0.2) is 65.7 Å². The van der Waals surface area contributed by atoms with Crippen molar-refractivity contribution in [1.82, 2.24) is 24.7 Å². The molecule has 0 unspecified atom stereocenters. The number of hydrogen-bond acceptors (Lipinski definition) is 7. The number of nitrogens with zero attached hydrogens (tertiary/aromatic N) is 3. The molecule has 4 aromatic rings. The van der Waals surface area contributed by atoms with Crippen LogP contribution in [0.1, 0.15) is 25.3 Å². The summed E-state index contributed by atoms with van der Waals surface area (Å²) in [5, 5.41) is 4.21. The van der Waals surface area contributed by atoms with Crippen LogP contribution in [0.3, 0.4) is 0 Å². The number of benzene rings is 2. The number of H-pyrrole nitrogens is 1. The van der Waals surface area contributed by atoms with Gasteiger partial charge >= 0.3 is 0 Å². The minimum atomic E-state index is -3.48. The quantitative estimate of drug-likeness (QED) is 0.227. The molecule has 0 aliphatic carbocycles. The van der Waals surface area contributed by atoms with Crippen LogP contribution in [-0.4, -0.2) is 85.9 Å². The van der Waals surface area contributed by atoms with Gasteiger partial charge in [-0.15, -0.1) is 0 Å². The van der Waals surface area contributed by atoms with Crippen LogP contribution >= 0.6 is 0 Å². The third kappa shape index (κ3) is 7.61. The van der Waals surface area contributed by atoms with Crippen molar-refractivity contribution in [2.45, 2.75) is 26.2 Å². The van der Waals surface area contributed by atoms with Crippen LogP contribution in [0.25, 0.3) is 22.0 Å². The van der Waals surface area contributed by atoms with Gasteiger partial charge in [-0.25, -0.2) is 8.42 Å². The average Bonchev–Trinajstić information content (AvgIpc) is 3.55. The third-order valence-electron chi connectivity index (χ3n) is 9.13. The highest BCUT2D eigenvalue weighted by Gasteiger charge is 2.22. The maximum Gasteiger partial charge on any atom is 0.274 e. The number of aromatic nitrogens is 2. The highest BCUT2D eigenvalue weighted by atomic mass is 32.2. The number of fused-ring (bicyclic) bond motifs is 1. The van der Waals surface area contributed by atoms with Gasteiger partial charge in [0.25, 0.3) is 5.56 Å². The molecule has 45 heavy (non-hydrogen) atoms. The topological polar surface area (TPSA) is 112 Å². The molecule has 0 spiro atoms. The zero-order chi connectivity index (χ0) is 31.4. The number of hydrogen-bond donors (Lipinski definition) is 3. The van der Waals surface area contributed by atoms with E-state index in [1.54, 1.807) is 44.6 Å². The van der Waals surface area contributed by atoms with Crippen LogP contribution in [0.2, 0.25) is 0 Å². The Morgan fingerprint density at radius 1 is 0.956 bits per heavy atom. The molecule has 11 heteroatoms. The number of pyridine rings is 1. The Balaban J connectivity index is 1.13. The molecule has 2 saturated heterocycles. The smallest absolute Gasteiger partial charge is 0.274 e. The van der Waals surface area contributed by atoms with E-state index in [1.165, 1.54) is 29.5 Å². The highest BCUT2D eigenvalue weighted by Crippen LogP contribution is 2.38. The molecule has 4 heterocycles. The van der Waals surface area contributed by atoms with E-state index in [0.29, 0.717) is 28.3 Å². The lowest BCUT2D eigenvalue weighted by Gasteiger charge is -2.37. The molecule has 0 saturated carbocycles. The molecule has 0 amide bonds. The van der Waals surface area contributed by atoms with Gasteiger partial charge in [-0.2, -0.15) is 0 Å². The van der Waals surface area contributed by atoms with Gasteiger partial charge in [0.1, 0.15) is 17.0 Å². The summed E-state index contributed by atoms with van der Waals surface area (Å²) < 4.78 is 35.2. The van der Waals surface area contributed by atoms with Gasteiger partial charge in [0.2, 0.25) is 10.0 Å². The van der Waals surface area contributed by atoms with E-state index in [-0.39, 0.29) is 11.3 Å². The van der Waals surface area contributed by atoms with Gasteiger partial charge in [0.15, 0.2) is 0 Å². The first-order valence-corrected chi connectivity index (χ1v) is 17.7. The molecule has 0 bridgehead atoms. The van der Waals surface area contributed by atoms with Crippen LogP contribution in [0, 0.1) is 5.92 Å². The average molecular weight is 633 g/mol. The highest BCUT2D eigenvalue weighted by molar-refractivity contribution is 7.92. The Morgan fingerprint density at radius 2 is 1.69 bits per heavy atom. The Hall–Kier alpha value is -3.64. The first-order valence-electron chi connectivity index (χ1n) is 16.0. The molecule has 10 nitrogen and oxygen atoms in total. The van der Waals surface area contributed by atoms with Crippen molar-refractivity contribution in [2.24, 2.45) is 13.0 Å². The van der Waals surface area contributed by atoms with Gasteiger partial charge in [-0.05, 0) is 87.2 Å². The zero-order valence-corrected chi connectivity index (χ0v) is 27.0. The van der Waals surface area contributed by atoms with Crippen molar-refractivity contribution in [3.63, 3.8) is 0 Å². The van der Waals surface area contributed by atoms with Gasteiger partial charge in [0.05, 0.1) is 5.75 Å². The van der Waals surface area contributed by atoms with Crippen LogP contribution in [-0.2, 0) is 23.5 Å². The van der Waals surface area contributed by atoms with Gasteiger partial charge < -0.3 is 29.4 Å². The second kappa shape index (κ2) is 13.8. The van der Waals surface area contributed by atoms with Crippen LogP contribution < -0.4 is 20.3 Å². The fourth-order valence-corrected chi connectivity index (χ4v) is 7.02. The summed E-state index contributed by atoms with van der Waals surface area (Å²) >= 11 is 0. The monoisotopic (exact) mass is 632 g/mol. The summed E-state index contributed by atoms with van der Waals surface area (Å²) in [6.45, 7) is 10.8. The van der Waals surface area contributed by atoms with E-state index in [2.05, 4.69) is 37.0 Å². The molecule has 6 rings (SSSR count). The van der Waals surface area contributed by atoms with Crippen molar-refractivity contribution in [3.05, 3.63) is 76.8 Å². The molecular formula is C34H44N6O4S. The maximum atomic E-state index is 12.7. The zero-order valence-electron chi connectivity index (χ0n) is 26.2. The largest absolute Gasteiger partial charge is 0.457 e. The summed E-state index contributed by atoms with van der Waals surface area (Å²) in [5.41, 5.74) is 3.46. The number of sulfonamides is 1. The fraction of sp³-hybridized carbons (Fsp3) is 0.441. The van der Waals surface area contributed by atoms with Crippen LogP contribution in [0.5, 0.6) is 11.5 Å². The van der Waals surface area contributed by atoms with Gasteiger partial charge in [-0.3, -0.25) is 9.52 Å². The van der Waals surface area contributed by atoms with Crippen molar-refractivity contribution >= 4 is 26.6 Å². The van der Waals surface area contributed by atoms with Crippen molar-refractivity contribution in [1.29, 1.82) is 0 Å². The Morgan fingerprint density at radius 3 is 2.42 bits per heavy atom. The number of anilines is 1. The predicted octanol–water partition coefficient (Wildman–Crippen LogP) is 4.25. The number of aromatic amines is 1. The maximum absolute atomic E-state index is 12.7. The lowest BCUT2D eigenvalue weighted by molar-refractivity contribution is 0.112. The molecule has 2 aliphatic rings. The number of piperazine rings is 1. The molecule has 0 radical (unpaired) electrons. The summed E-state index contributed by atoms with van der Waals surface area (Å²) in [6, 6.07) is 15.3. The summed E-state index contributed by atoms with van der Waals surface area (Å²) in [5.74, 6) is 2.05. The first-order chi connectivity index (χ1) is 21.8. The van der Waals surface area contributed by atoms with E-state index >= 15 is 0 Å². The van der Waals surface area contributed by atoms with E-state index in [0.717, 1.165) is 69.1 Å². The molecule has 3 N–H and O–H groups in total. The lowest BCUT2D eigenvalue weighted by Crippen LogP contribution is -2.48. The number of rotatable bonds is 11. The molecular weight excluding hydrogens is 588 g/mol. The summed E-state index contributed by atoms with van der Waals surface area (Å²) in [4.78, 5) is 21.0. The molecule has 0 atom stereocenters. The predicted molar refractivity (Wildman–Crippen MR) is 181 cm³/mol. The molecule has 2 aromatic carbocycles. The normalized spacial score (nSPS) is 17.1. The second-order valence-corrected chi connectivity index (χ2v) is 14.3. The first kappa shape index (κ1) is 31.3. The molecule has 2 fully saturated rings. The SMILES string of the molecule is CCS(=O)(=O)Nc1ccc(Oc2ccc(CCN3CCN(CC4CCNCC4)CC3)cc2)c(-c2cn(C)c(=O)c3[nH]ccc23)c1. The molecule has 240 valence electrons. The third-order valence-corrected chi connectivity index (χ3v) is 10.4. The van der Waals surface area contributed by atoms with Crippen molar-refractivity contribution < 1.29 is 13.2 Å². The summed E-state index contributed by atoms with van der Waals surface area (Å²) in [6.07, 6.45) is 7.08. The Labute approximate surface area is 265 Å². The van der Waals surface area contributed by atoms with Crippen molar-refractivity contribution in [2.75, 3.05) is 62.8 Å². The number of ether oxygens (including phenoxy) is 1. The summed E-state index contributed by atoms with van der Waals surface area (Å²) in [7, 11) is -1.78. The van der Waals surface area contributed by atoms with E-state index in [9.17, 15) is 13.2 Å². The Bertz CT molecular complexity index is 1770. The molecule has 2 aliphatic heterocycles. The minimum absolute atomic E-state index is 0.0381. The fourth-order valence-electron chi connectivity index (χ4n) is 6.39. The molecule has 2 aromatic heterocycles. The standard InChI is InChI=1S/C34H44N6O4S/c1-3-45(42,43)37-27-6-9-32(30(22-27)31-24-38(2)34(41)33-29(31)12-16-36-33)44-28-7-4-25(5-8-28)13-17-39-18-20-40(21-19-39)23-26-10-14-35-15-11-26/h4-9,12,16,22,24,26,35-37H,3,10-11,13-15,17-21,23H2,1-2H3. The minimum Gasteiger partial charge on any atom is -0.457 e. The van der Waals surface area contributed by atoms with Gasteiger partial charge in [0, 0.05) is 80.9 Å². The van der Waals surface area contributed by atoms with Gasteiger partial charge in [-0.1, -0.05) is 12.1 Å². The van der Waals surface area contributed by atoms with Crippen molar-refractivity contribution in [3.8, 4) is 22.6 Å². The second-order valence-electron chi connectivity index (χ2n) is 12.3. The Kier molecular flexibility index (Phi) is 9.60. The van der Waals surface area contributed by atoms with Crippen LogP contribution in [0.4, 0.5) is 5.69 Å². The van der Waals surface area contributed by atoms with E-state index in [4.69, 9.17) is 4.74 Å². The van der Waals surface area contributed by atoms with E-state index < -0.39 is 10.0 Å². The number of nitrogens with one attached hydrogen (secondary N) is 3. The van der Waals surface area contributed by atoms with E-state index in [1.807, 2.05) is 18.2 Å². The lowest BCUT2D eigenvalue weighted by atomic mass is 9.97. The number of piperidine rings is 1.